The number of hydrogen-bond acceptors (Lipinski definition) is 3. The van der Waals surface area contributed by atoms with Gasteiger partial charge in [0, 0.05) is 19.0 Å². The molecule has 1 aliphatic heterocycles. The molecule has 0 radical (unpaired) electrons. The standard InChI is InChI=1S/C22H25NO4/c1-27-20-11-5-3-8-17(20)15-18-9-6-14-23(18)21(24)13-12-16-7-2-4-10-19(16)22(25)26/h2-5,7-8,10-11,18H,6,9,12-15H2,1H3,(H,25,26). The van der Waals surface area contributed by atoms with Crippen LogP contribution < -0.4 is 4.74 Å². The lowest BCUT2D eigenvalue weighted by atomic mass is 10.0. The quantitative estimate of drug-likeness (QED) is 0.813. The Morgan fingerprint density at radius 2 is 1.81 bits per heavy atom. The third kappa shape index (κ3) is 4.48. The van der Waals surface area contributed by atoms with Gasteiger partial charge in [0.2, 0.25) is 5.91 Å². The number of aryl methyl sites for hydroxylation is 1. The summed E-state index contributed by atoms with van der Waals surface area (Å²) in [5.41, 5.74) is 2.09. The van der Waals surface area contributed by atoms with Crippen LogP contribution in [0.15, 0.2) is 48.5 Å². The molecule has 5 heteroatoms. The number of ether oxygens (including phenoxy) is 1. The van der Waals surface area contributed by atoms with Crippen molar-refractivity contribution in [3.8, 4) is 5.75 Å². The lowest BCUT2D eigenvalue weighted by Crippen LogP contribution is -2.37. The number of nitrogens with zero attached hydrogens (tertiary/aromatic N) is 1. The first-order valence-corrected chi connectivity index (χ1v) is 9.32. The van der Waals surface area contributed by atoms with Gasteiger partial charge in [-0.25, -0.2) is 4.79 Å². The summed E-state index contributed by atoms with van der Waals surface area (Å²) in [6.45, 7) is 0.763. The number of carbonyl (C=O) groups excluding carboxylic acids is 1. The van der Waals surface area contributed by atoms with Gasteiger partial charge in [0.25, 0.3) is 0 Å². The number of carboxylic acids is 1. The summed E-state index contributed by atoms with van der Waals surface area (Å²) in [6.07, 6.45) is 3.53. The number of amides is 1. The smallest absolute Gasteiger partial charge is 0.335 e. The highest BCUT2D eigenvalue weighted by Gasteiger charge is 2.29. The summed E-state index contributed by atoms with van der Waals surface area (Å²) < 4.78 is 5.43. The highest BCUT2D eigenvalue weighted by Crippen LogP contribution is 2.27. The first-order chi connectivity index (χ1) is 13.1. The summed E-state index contributed by atoms with van der Waals surface area (Å²) in [4.78, 5) is 26.1. The van der Waals surface area contributed by atoms with Crippen molar-refractivity contribution in [2.45, 2.75) is 38.1 Å². The topological polar surface area (TPSA) is 66.8 Å². The summed E-state index contributed by atoms with van der Waals surface area (Å²) >= 11 is 0. The molecule has 0 aromatic heterocycles. The molecule has 0 spiro atoms. The molecule has 5 nitrogen and oxygen atoms in total. The van der Waals surface area contributed by atoms with E-state index in [1.165, 1.54) is 0 Å². The lowest BCUT2D eigenvalue weighted by Gasteiger charge is -2.25. The van der Waals surface area contributed by atoms with Crippen LogP contribution in [0.3, 0.4) is 0 Å². The van der Waals surface area contributed by atoms with Gasteiger partial charge in [-0.15, -0.1) is 0 Å². The van der Waals surface area contributed by atoms with E-state index in [1.54, 1.807) is 25.3 Å². The Kier molecular flexibility index (Phi) is 6.12. The first-order valence-electron chi connectivity index (χ1n) is 9.32. The summed E-state index contributed by atoms with van der Waals surface area (Å²) in [5.74, 6) is -0.00644. The van der Waals surface area contributed by atoms with Gasteiger partial charge < -0.3 is 14.7 Å². The zero-order valence-corrected chi connectivity index (χ0v) is 15.6. The van der Waals surface area contributed by atoms with Crippen molar-refractivity contribution in [1.82, 2.24) is 4.90 Å². The molecule has 0 saturated carbocycles. The van der Waals surface area contributed by atoms with E-state index in [9.17, 15) is 14.7 Å². The Morgan fingerprint density at radius 1 is 1.11 bits per heavy atom. The van der Waals surface area contributed by atoms with Crippen LogP contribution in [0.4, 0.5) is 0 Å². The van der Waals surface area contributed by atoms with Crippen LogP contribution in [-0.2, 0) is 17.6 Å². The van der Waals surface area contributed by atoms with E-state index in [4.69, 9.17) is 4.74 Å². The van der Waals surface area contributed by atoms with Crippen molar-refractivity contribution in [3.63, 3.8) is 0 Å². The van der Waals surface area contributed by atoms with E-state index >= 15 is 0 Å². The highest BCUT2D eigenvalue weighted by atomic mass is 16.5. The van der Waals surface area contributed by atoms with Crippen molar-refractivity contribution >= 4 is 11.9 Å². The van der Waals surface area contributed by atoms with Crippen molar-refractivity contribution in [1.29, 1.82) is 0 Å². The molecule has 2 aromatic carbocycles. The Morgan fingerprint density at radius 3 is 2.56 bits per heavy atom. The van der Waals surface area contributed by atoms with E-state index in [0.717, 1.165) is 37.1 Å². The molecule has 2 aromatic rings. The van der Waals surface area contributed by atoms with Gasteiger partial charge in [0.1, 0.15) is 5.75 Å². The Labute approximate surface area is 159 Å². The van der Waals surface area contributed by atoms with Crippen LogP contribution in [-0.4, -0.2) is 41.6 Å². The Hall–Kier alpha value is -2.82. The average molecular weight is 367 g/mol. The second kappa shape index (κ2) is 8.71. The average Bonchev–Trinajstić information content (AvgIpc) is 3.15. The van der Waals surface area contributed by atoms with Gasteiger partial charge >= 0.3 is 5.97 Å². The fraction of sp³-hybridized carbons (Fsp3) is 0.364. The minimum absolute atomic E-state index is 0.0904. The van der Waals surface area contributed by atoms with Gasteiger partial charge in [0.05, 0.1) is 12.7 Å². The fourth-order valence-corrected chi connectivity index (χ4v) is 3.83. The third-order valence-corrected chi connectivity index (χ3v) is 5.20. The van der Waals surface area contributed by atoms with Crippen LogP contribution in [0.25, 0.3) is 0 Å². The van der Waals surface area contributed by atoms with Crippen LogP contribution in [0.5, 0.6) is 5.75 Å². The molecule has 3 rings (SSSR count). The molecule has 1 amide bonds. The second-order valence-corrected chi connectivity index (χ2v) is 6.86. The predicted molar refractivity (Wildman–Crippen MR) is 103 cm³/mol. The number of para-hydroxylation sites is 1. The molecule has 0 bridgehead atoms. The SMILES string of the molecule is COc1ccccc1CC1CCCN1C(=O)CCc1ccccc1C(=O)O. The zero-order valence-electron chi connectivity index (χ0n) is 15.6. The summed E-state index contributed by atoms with van der Waals surface area (Å²) in [6, 6.07) is 15.0. The van der Waals surface area contributed by atoms with Gasteiger partial charge in [-0.05, 0) is 48.9 Å². The minimum atomic E-state index is -0.951. The molecule has 1 saturated heterocycles. The van der Waals surface area contributed by atoms with Crippen molar-refractivity contribution in [2.24, 2.45) is 0 Å². The van der Waals surface area contributed by atoms with E-state index in [2.05, 4.69) is 0 Å². The van der Waals surface area contributed by atoms with Gasteiger partial charge in [-0.2, -0.15) is 0 Å². The minimum Gasteiger partial charge on any atom is -0.496 e. The number of aromatic carboxylic acids is 1. The van der Waals surface area contributed by atoms with Crippen molar-refractivity contribution < 1.29 is 19.4 Å². The molecular weight excluding hydrogens is 342 g/mol. The zero-order chi connectivity index (χ0) is 19.2. The number of carboxylic acid groups (broad SMARTS) is 1. The molecule has 1 atom stereocenters. The number of methoxy groups -OCH3 is 1. The second-order valence-electron chi connectivity index (χ2n) is 6.86. The van der Waals surface area contributed by atoms with Crippen molar-refractivity contribution in [2.75, 3.05) is 13.7 Å². The molecule has 1 N–H and O–H groups in total. The molecule has 1 heterocycles. The molecule has 1 fully saturated rings. The molecular formula is C22H25NO4. The van der Waals surface area contributed by atoms with Gasteiger partial charge in [-0.1, -0.05) is 36.4 Å². The molecule has 1 aliphatic rings. The van der Waals surface area contributed by atoms with Gasteiger partial charge in [-0.3, -0.25) is 4.79 Å². The normalized spacial score (nSPS) is 16.3. The highest BCUT2D eigenvalue weighted by molar-refractivity contribution is 5.89. The van der Waals surface area contributed by atoms with Crippen LogP contribution in [0.1, 0.15) is 40.7 Å². The molecule has 0 aliphatic carbocycles. The Bertz CT molecular complexity index is 817. The van der Waals surface area contributed by atoms with E-state index in [-0.39, 0.29) is 17.5 Å². The maximum Gasteiger partial charge on any atom is 0.335 e. The maximum atomic E-state index is 12.8. The number of carbonyl (C=O) groups is 2. The number of likely N-dealkylation sites (tertiary alicyclic amines) is 1. The van der Waals surface area contributed by atoms with Crippen molar-refractivity contribution in [3.05, 3.63) is 65.2 Å². The largest absolute Gasteiger partial charge is 0.496 e. The van der Waals surface area contributed by atoms with E-state index < -0.39 is 5.97 Å². The summed E-state index contributed by atoms with van der Waals surface area (Å²) in [7, 11) is 1.66. The number of rotatable bonds is 7. The van der Waals surface area contributed by atoms with Crippen LogP contribution >= 0.6 is 0 Å². The molecule has 1 unspecified atom stereocenters. The monoisotopic (exact) mass is 367 g/mol. The predicted octanol–water partition coefficient (Wildman–Crippen LogP) is 3.56. The molecule has 142 valence electrons. The van der Waals surface area contributed by atoms with Crippen LogP contribution in [0.2, 0.25) is 0 Å². The van der Waals surface area contributed by atoms with Crippen LogP contribution in [0, 0.1) is 0 Å². The van der Waals surface area contributed by atoms with Gasteiger partial charge in [0.15, 0.2) is 0 Å². The summed E-state index contributed by atoms with van der Waals surface area (Å²) in [5, 5.41) is 9.29. The Balaban J connectivity index is 1.65. The fourth-order valence-electron chi connectivity index (χ4n) is 3.83. The molecule has 27 heavy (non-hydrogen) atoms. The van der Waals surface area contributed by atoms with E-state index in [0.29, 0.717) is 18.4 Å². The number of hydrogen-bond donors (Lipinski definition) is 1. The third-order valence-electron chi connectivity index (χ3n) is 5.20. The maximum absolute atomic E-state index is 12.8. The lowest BCUT2D eigenvalue weighted by molar-refractivity contribution is -0.131. The van der Waals surface area contributed by atoms with E-state index in [1.807, 2.05) is 35.2 Å². The first kappa shape index (κ1) is 19.0. The number of benzene rings is 2.